The Morgan fingerprint density at radius 2 is 2.05 bits per heavy atom. The molecule has 114 valence electrons. The number of anilines is 1. The van der Waals surface area contributed by atoms with Crippen molar-refractivity contribution >= 4 is 39.1 Å². The van der Waals surface area contributed by atoms with Crippen LogP contribution in [0.2, 0.25) is 0 Å². The molecule has 0 unspecified atom stereocenters. The molecule has 2 aromatic rings. The summed E-state index contributed by atoms with van der Waals surface area (Å²) in [6.45, 7) is -0.292. The standard InChI is InChI=1S/C13H10BrN3O5/c14-11-5-4-10(22-11)13(19)15-7-12(18)16-8-2-1-3-9(6-8)17(20)21/h1-6H,7H2,(H,15,19)(H,16,18). The molecule has 2 rings (SSSR count). The van der Waals surface area contributed by atoms with E-state index in [0.29, 0.717) is 4.67 Å². The van der Waals surface area contributed by atoms with E-state index in [1.165, 1.54) is 30.3 Å². The van der Waals surface area contributed by atoms with Crippen molar-refractivity contribution in [2.24, 2.45) is 0 Å². The number of hydrogen-bond acceptors (Lipinski definition) is 5. The average molecular weight is 368 g/mol. The first-order valence-electron chi connectivity index (χ1n) is 6.03. The van der Waals surface area contributed by atoms with Gasteiger partial charge in [-0.3, -0.25) is 19.7 Å². The number of nitro benzene ring substituents is 1. The number of benzene rings is 1. The minimum Gasteiger partial charge on any atom is -0.444 e. The normalized spacial score (nSPS) is 10.0. The molecule has 0 saturated carbocycles. The highest BCUT2D eigenvalue weighted by molar-refractivity contribution is 9.10. The zero-order valence-corrected chi connectivity index (χ0v) is 12.6. The third-order valence-corrected chi connectivity index (χ3v) is 2.97. The van der Waals surface area contributed by atoms with E-state index in [1.54, 1.807) is 6.07 Å². The summed E-state index contributed by atoms with van der Waals surface area (Å²) in [4.78, 5) is 33.4. The van der Waals surface area contributed by atoms with Crippen LogP contribution in [0, 0.1) is 10.1 Å². The Bertz CT molecular complexity index is 728. The number of furan rings is 1. The summed E-state index contributed by atoms with van der Waals surface area (Å²) in [5, 5.41) is 15.5. The second-order valence-electron chi connectivity index (χ2n) is 4.14. The lowest BCUT2D eigenvalue weighted by Crippen LogP contribution is -2.32. The monoisotopic (exact) mass is 367 g/mol. The Labute approximate surface area is 132 Å². The van der Waals surface area contributed by atoms with Gasteiger partial charge in [-0.2, -0.15) is 0 Å². The van der Waals surface area contributed by atoms with Crippen molar-refractivity contribution in [1.29, 1.82) is 0 Å². The van der Waals surface area contributed by atoms with Gasteiger partial charge in [-0.05, 0) is 34.1 Å². The van der Waals surface area contributed by atoms with Crippen molar-refractivity contribution in [1.82, 2.24) is 5.32 Å². The number of amides is 2. The minimum absolute atomic E-state index is 0.0648. The molecule has 0 aliphatic rings. The molecular weight excluding hydrogens is 358 g/mol. The zero-order chi connectivity index (χ0) is 16.1. The van der Waals surface area contributed by atoms with Gasteiger partial charge in [0, 0.05) is 17.8 Å². The van der Waals surface area contributed by atoms with Gasteiger partial charge in [-0.15, -0.1) is 0 Å². The second kappa shape index (κ2) is 6.85. The van der Waals surface area contributed by atoms with Crippen LogP contribution in [-0.2, 0) is 4.79 Å². The molecule has 1 aromatic carbocycles. The lowest BCUT2D eigenvalue weighted by molar-refractivity contribution is -0.384. The summed E-state index contributed by atoms with van der Waals surface area (Å²) in [6, 6.07) is 8.51. The van der Waals surface area contributed by atoms with Crippen LogP contribution >= 0.6 is 15.9 Å². The van der Waals surface area contributed by atoms with Gasteiger partial charge < -0.3 is 15.1 Å². The van der Waals surface area contributed by atoms with Crippen molar-refractivity contribution in [3.05, 3.63) is 56.9 Å². The van der Waals surface area contributed by atoms with E-state index in [4.69, 9.17) is 4.42 Å². The molecule has 0 bridgehead atoms. The highest BCUT2D eigenvalue weighted by atomic mass is 79.9. The third kappa shape index (κ3) is 4.16. The lowest BCUT2D eigenvalue weighted by Gasteiger charge is -2.05. The predicted molar refractivity (Wildman–Crippen MR) is 80.5 cm³/mol. The topological polar surface area (TPSA) is 114 Å². The summed E-state index contributed by atoms with van der Waals surface area (Å²) in [7, 11) is 0. The summed E-state index contributed by atoms with van der Waals surface area (Å²) in [5.74, 6) is -0.991. The van der Waals surface area contributed by atoms with Crippen molar-refractivity contribution in [3.63, 3.8) is 0 Å². The Morgan fingerprint density at radius 1 is 1.27 bits per heavy atom. The molecule has 2 amide bonds. The molecule has 0 fully saturated rings. The molecule has 0 radical (unpaired) electrons. The zero-order valence-electron chi connectivity index (χ0n) is 11.0. The Morgan fingerprint density at radius 3 is 2.68 bits per heavy atom. The van der Waals surface area contributed by atoms with Crippen molar-refractivity contribution in [3.8, 4) is 0 Å². The fourth-order valence-electron chi connectivity index (χ4n) is 1.59. The molecule has 8 nitrogen and oxygen atoms in total. The number of carbonyl (C=O) groups excluding carboxylic acids is 2. The number of rotatable bonds is 5. The first-order chi connectivity index (χ1) is 10.5. The molecule has 0 aliphatic carbocycles. The summed E-state index contributed by atoms with van der Waals surface area (Å²) in [5.41, 5.74) is 0.136. The van der Waals surface area contributed by atoms with Crippen LogP contribution in [0.15, 0.2) is 45.5 Å². The molecule has 2 N–H and O–H groups in total. The molecule has 1 heterocycles. The maximum Gasteiger partial charge on any atom is 0.287 e. The summed E-state index contributed by atoms with van der Waals surface area (Å²) >= 11 is 3.06. The first kappa shape index (κ1) is 15.7. The number of carbonyl (C=O) groups is 2. The van der Waals surface area contributed by atoms with Crippen LogP contribution in [0.1, 0.15) is 10.6 Å². The number of nitrogens with zero attached hydrogens (tertiary/aromatic N) is 1. The van der Waals surface area contributed by atoms with Gasteiger partial charge in [-0.25, -0.2) is 0 Å². The minimum atomic E-state index is -0.563. The van der Waals surface area contributed by atoms with E-state index < -0.39 is 16.7 Å². The van der Waals surface area contributed by atoms with E-state index in [9.17, 15) is 19.7 Å². The van der Waals surface area contributed by atoms with Gasteiger partial charge >= 0.3 is 0 Å². The van der Waals surface area contributed by atoms with Gasteiger partial charge in [0.2, 0.25) is 5.91 Å². The van der Waals surface area contributed by atoms with Crippen LogP contribution in [0.3, 0.4) is 0 Å². The molecular formula is C13H10BrN3O5. The smallest absolute Gasteiger partial charge is 0.287 e. The molecule has 9 heteroatoms. The molecule has 0 saturated heterocycles. The lowest BCUT2D eigenvalue weighted by atomic mass is 10.3. The average Bonchev–Trinajstić information content (AvgIpc) is 2.91. The van der Waals surface area contributed by atoms with Crippen molar-refractivity contribution in [2.75, 3.05) is 11.9 Å². The Kier molecular flexibility index (Phi) is 4.89. The molecule has 0 aliphatic heterocycles. The molecule has 0 atom stereocenters. The van der Waals surface area contributed by atoms with Crippen LogP contribution < -0.4 is 10.6 Å². The highest BCUT2D eigenvalue weighted by Gasteiger charge is 2.12. The van der Waals surface area contributed by atoms with Crippen LogP contribution in [0.5, 0.6) is 0 Å². The van der Waals surface area contributed by atoms with Crippen molar-refractivity contribution in [2.45, 2.75) is 0 Å². The number of hydrogen-bond donors (Lipinski definition) is 2. The van der Waals surface area contributed by atoms with Gasteiger partial charge in [0.15, 0.2) is 10.4 Å². The van der Waals surface area contributed by atoms with E-state index in [2.05, 4.69) is 26.6 Å². The second-order valence-corrected chi connectivity index (χ2v) is 4.92. The highest BCUT2D eigenvalue weighted by Crippen LogP contribution is 2.17. The molecule has 0 spiro atoms. The first-order valence-corrected chi connectivity index (χ1v) is 6.83. The third-order valence-electron chi connectivity index (χ3n) is 2.55. The van der Waals surface area contributed by atoms with E-state index >= 15 is 0 Å². The largest absolute Gasteiger partial charge is 0.444 e. The number of halogens is 1. The predicted octanol–water partition coefficient (Wildman–Crippen LogP) is 2.32. The number of nitro groups is 1. The fraction of sp³-hybridized carbons (Fsp3) is 0.0769. The van der Waals surface area contributed by atoms with Crippen LogP contribution in [-0.4, -0.2) is 23.3 Å². The summed E-state index contributed by atoms with van der Waals surface area (Å²) in [6.07, 6.45) is 0. The van der Waals surface area contributed by atoms with E-state index in [-0.39, 0.29) is 23.7 Å². The van der Waals surface area contributed by atoms with Gasteiger partial charge in [0.25, 0.3) is 11.6 Å². The molecule has 22 heavy (non-hydrogen) atoms. The number of nitrogens with one attached hydrogen (secondary N) is 2. The van der Waals surface area contributed by atoms with E-state index in [1.807, 2.05) is 0 Å². The Balaban J connectivity index is 1.89. The quantitative estimate of drug-likeness (QED) is 0.621. The van der Waals surface area contributed by atoms with Crippen molar-refractivity contribution < 1.29 is 18.9 Å². The van der Waals surface area contributed by atoms with E-state index in [0.717, 1.165) is 0 Å². The fourth-order valence-corrected chi connectivity index (χ4v) is 1.89. The number of non-ortho nitro benzene ring substituents is 1. The Hall–Kier alpha value is -2.68. The maximum atomic E-state index is 11.7. The molecule has 1 aromatic heterocycles. The maximum absolute atomic E-state index is 11.7. The SMILES string of the molecule is O=C(CNC(=O)c1ccc(Br)o1)Nc1cccc([N+](=O)[O-])c1. The van der Waals surface area contributed by atoms with Crippen LogP contribution in [0.4, 0.5) is 11.4 Å². The van der Waals surface area contributed by atoms with Gasteiger partial charge in [0.05, 0.1) is 11.5 Å². The summed E-state index contributed by atoms with van der Waals surface area (Å²) < 4.78 is 5.44. The van der Waals surface area contributed by atoms with Gasteiger partial charge in [0.1, 0.15) is 0 Å². The van der Waals surface area contributed by atoms with Crippen LogP contribution in [0.25, 0.3) is 0 Å². The van der Waals surface area contributed by atoms with Gasteiger partial charge in [-0.1, -0.05) is 6.07 Å².